The Balaban J connectivity index is 3.50. The van der Waals surface area contributed by atoms with Gasteiger partial charge in [0.25, 0.3) is 0 Å². The summed E-state index contributed by atoms with van der Waals surface area (Å²) in [6, 6.07) is 0.619. The Bertz CT molecular complexity index is 436. The normalized spacial score (nSPS) is 12.5. The first-order valence-electron chi connectivity index (χ1n) is 4.43. The molecule has 0 spiro atoms. The van der Waals surface area contributed by atoms with Gasteiger partial charge < -0.3 is 15.9 Å². The van der Waals surface area contributed by atoms with Crippen LogP contribution in [0.15, 0.2) is 10.5 Å². The Morgan fingerprint density at radius 3 is 2.69 bits per heavy atom. The molecular weight excluding hydrogens is 280 g/mol. The van der Waals surface area contributed by atoms with Gasteiger partial charge in [-0.2, -0.15) is 0 Å². The number of aromatic hydroxyl groups is 1. The summed E-state index contributed by atoms with van der Waals surface area (Å²) < 4.78 is 0.468. The maximum Gasteiger partial charge on any atom is 0.315 e. The Morgan fingerprint density at radius 1 is 1.69 bits per heavy atom. The summed E-state index contributed by atoms with van der Waals surface area (Å²) in [6.07, 6.45) is 0. The van der Waals surface area contributed by atoms with Crippen LogP contribution in [-0.4, -0.2) is 21.7 Å². The number of hydrogen-bond donors (Lipinski definition) is 3. The van der Waals surface area contributed by atoms with E-state index in [1.165, 1.54) is 13.0 Å². The van der Waals surface area contributed by atoms with Crippen molar-refractivity contribution in [1.82, 2.24) is 0 Å². The van der Waals surface area contributed by atoms with Crippen LogP contribution in [0.5, 0.6) is 5.75 Å². The predicted octanol–water partition coefficient (Wildman–Crippen LogP) is 1.36. The number of aliphatic hydroxyl groups is 1. The summed E-state index contributed by atoms with van der Waals surface area (Å²) in [7, 11) is 0. The molecule has 1 aromatic carbocycles. The molecule has 0 amide bonds. The van der Waals surface area contributed by atoms with Gasteiger partial charge in [0, 0.05) is 15.6 Å². The average molecular weight is 291 g/mol. The van der Waals surface area contributed by atoms with Crippen LogP contribution in [0.25, 0.3) is 0 Å². The number of benzene rings is 1. The Morgan fingerprint density at radius 2 is 2.25 bits per heavy atom. The fourth-order valence-electron chi connectivity index (χ4n) is 1.34. The quantitative estimate of drug-likeness (QED) is 0.575. The highest BCUT2D eigenvalue weighted by Crippen LogP contribution is 2.39. The van der Waals surface area contributed by atoms with Crippen molar-refractivity contribution in [3.63, 3.8) is 0 Å². The number of nitro benzene ring substituents is 1. The average Bonchev–Trinajstić information content (AvgIpc) is 2.22. The number of nitrogens with zero attached hydrogens (tertiary/aromatic N) is 1. The summed E-state index contributed by atoms with van der Waals surface area (Å²) in [5.41, 5.74) is 5.60. The van der Waals surface area contributed by atoms with Gasteiger partial charge in [0.2, 0.25) is 0 Å². The lowest BCUT2D eigenvalue weighted by Gasteiger charge is -2.13. The van der Waals surface area contributed by atoms with Gasteiger partial charge in [0.1, 0.15) is 0 Å². The van der Waals surface area contributed by atoms with Gasteiger partial charge >= 0.3 is 5.69 Å². The molecule has 4 N–H and O–H groups in total. The summed E-state index contributed by atoms with van der Waals surface area (Å²) in [5.74, 6) is -0.493. The second kappa shape index (κ2) is 4.77. The van der Waals surface area contributed by atoms with Crippen LogP contribution in [-0.2, 0) is 0 Å². The predicted molar refractivity (Wildman–Crippen MR) is 61.2 cm³/mol. The molecule has 0 fully saturated rings. The molecule has 7 heteroatoms. The lowest BCUT2D eigenvalue weighted by Crippen LogP contribution is -2.15. The van der Waals surface area contributed by atoms with Crippen molar-refractivity contribution in [1.29, 1.82) is 0 Å². The zero-order valence-corrected chi connectivity index (χ0v) is 10.1. The molecule has 0 saturated carbocycles. The molecule has 0 unspecified atom stereocenters. The van der Waals surface area contributed by atoms with E-state index in [0.717, 1.165) is 0 Å². The highest BCUT2D eigenvalue weighted by Gasteiger charge is 2.25. The van der Waals surface area contributed by atoms with Gasteiger partial charge in [0.05, 0.1) is 17.6 Å². The van der Waals surface area contributed by atoms with Crippen LogP contribution >= 0.6 is 15.9 Å². The number of nitrogens with two attached hydrogens (primary N) is 1. The molecule has 0 aliphatic heterocycles. The van der Waals surface area contributed by atoms with Crippen LogP contribution < -0.4 is 5.73 Å². The van der Waals surface area contributed by atoms with E-state index in [9.17, 15) is 15.2 Å². The van der Waals surface area contributed by atoms with Crippen LogP contribution in [0.4, 0.5) is 5.69 Å². The van der Waals surface area contributed by atoms with E-state index in [2.05, 4.69) is 15.9 Å². The minimum Gasteiger partial charge on any atom is -0.502 e. The van der Waals surface area contributed by atoms with E-state index < -0.39 is 29.0 Å². The number of rotatable bonds is 3. The molecule has 0 saturated heterocycles. The summed E-state index contributed by atoms with van der Waals surface area (Å²) in [6.45, 7) is 1.11. The Kier molecular flexibility index (Phi) is 3.84. The second-order valence-electron chi connectivity index (χ2n) is 3.32. The molecule has 0 bridgehead atoms. The van der Waals surface area contributed by atoms with E-state index >= 15 is 0 Å². The smallest absolute Gasteiger partial charge is 0.315 e. The molecule has 0 radical (unpaired) electrons. The van der Waals surface area contributed by atoms with Gasteiger partial charge in [-0.15, -0.1) is 0 Å². The van der Waals surface area contributed by atoms with E-state index in [0.29, 0.717) is 10.0 Å². The molecule has 0 aromatic heterocycles. The van der Waals surface area contributed by atoms with Crippen LogP contribution in [0, 0.1) is 17.0 Å². The summed E-state index contributed by atoms with van der Waals surface area (Å²) in [5, 5.41) is 29.4. The standard InChI is InChI=1S/C9H11BrN2O4/c1-4-6(10)2-5(7(11)3-13)9(14)8(4)12(15)16/h2,7,13-14H,3,11H2,1H3/t7-/m0/s1. The summed E-state index contributed by atoms with van der Waals surface area (Å²) >= 11 is 3.14. The SMILES string of the molecule is Cc1c(Br)cc([C@@H](N)CO)c(O)c1[N+](=O)[O-]. The third kappa shape index (κ3) is 2.16. The molecule has 0 heterocycles. The first kappa shape index (κ1) is 12.9. The van der Waals surface area contributed by atoms with Crippen molar-refractivity contribution in [2.75, 3.05) is 6.61 Å². The van der Waals surface area contributed by atoms with Crippen LogP contribution in [0.1, 0.15) is 17.2 Å². The minimum atomic E-state index is -0.851. The van der Waals surface area contributed by atoms with Gasteiger partial charge in [0.15, 0.2) is 5.75 Å². The zero-order valence-electron chi connectivity index (χ0n) is 8.48. The lowest BCUT2D eigenvalue weighted by atomic mass is 10.0. The maximum absolute atomic E-state index is 10.8. The van der Waals surface area contributed by atoms with Gasteiger partial charge in [-0.1, -0.05) is 15.9 Å². The molecule has 88 valence electrons. The topological polar surface area (TPSA) is 110 Å². The monoisotopic (exact) mass is 290 g/mol. The van der Waals surface area contributed by atoms with E-state index in [1.807, 2.05) is 0 Å². The summed E-state index contributed by atoms with van der Waals surface area (Å²) in [4.78, 5) is 10.1. The van der Waals surface area contributed by atoms with Crippen molar-refractivity contribution in [3.05, 3.63) is 31.8 Å². The fraction of sp³-hybridized carbons (Fsp3) is 0.333. The van der Waals surface area contributed by atoms with Gasteiger partial charge in [-0.3, -0.25) is 10.1 Å². The number of nitro groups is 1. The molecule has 0 aliphatic rings. The van der Waals surface area contributed by atoms with Gasteiger partial charge in [-0.25, -0.2) is 0 Å². The van der Waals surface area contributed by atoms with Crippen molar-refractivity contribution in [2.45, 2.75) is 13.0 Å². The van der Waals surface area contributed by atoms with E-state index in [-0.39, 0.29) is 5.56 Å². The van der Waals surface area contributed by atoms with Crippen molar-refractivity contribution >= 4 is 21.6 Å². The highest BCUT2D eigenvalue weighted by molar-refractivity contribution is 9.10. The Labute approximate surface area is 100.0 Å². The number of hydrogen-bond acceptors (Lipinski definition) is 5. The number of phenols is 1. The highest BCUT2D eigenvalue weighted by atomic mass is 79.9. The molecular formula is C9H11BrN2O4. The van der Waals surface area contributed by atoms with E-state index in [1.54, 1.807) is 0 Å². The molecule has 1 atom stereocenters. The maximum atomic E-state index is 10.8. The lowest BCUT2D eigenvalue weighted by molar-refractivity contribution is -0.386. The fourth-order valence-corrected chi connectivity index (χ4v) is 1.78. The van der Waals surface area contributed by atoms with Crippen LogP contribution in [0.3, 0.4) is 0 Å². The van der Waals surface area contributed by atoms with Crippen molar-refractivity contribution in [3.8, 4) is 5.75 Å². The Hall–Kier alpha value is -1.18. The van der Waals surface area contributed by atoms with Crippen molar-refractivity contribution < 1.29 is 15.1 Å². The first-order chi connectivity index (χ1) is 7.40. The van der Waals surface area contributed by atoms with E-state index in [4.69, 9.17) is 10.8 Å². The van der Waals surface area contributed by atoms with Crippen molar-refractivity contribution in [2.24, 2.45) is 5.73 Å². The second-order valence-corrected chi connectivity index (χ2v) is 4.17. The number of halogens is 1. The third-order valence-electron chi connectivity index (χ3n) is 2.27. The molecule has 1 rings (SSSR count). The molecule has 0 aliphatic carbocycles. The largest absolute Gasteiger partial charge is 0.502 e. The van der Waals surface area contributed by atoms with Crippen LogP contribution in [0.2, 0.25) is 0 Å². The zero-order chi connectivity index (χ0) is 12.5. The molecule has 16 heavy (non-hydrogen) atoms. The third-order valence-corrected chi connectivity index (χ3v) is 3.10. The first-order valence-corrected chi connectivity index (χ1v) is 5.22. The number of aliphatic hydroxyl groups excluding tert-OH is 1. The number of phenolic OH excluding ortho intramolecular Hbond substituents is 1. The molecule has 1 aromatic rings. The molecule has 6 nitrogen and oxygen atoms in total. The van der Waals surface area contributed by atoms with Gasteiger partial charge in [-0.05, 0) is 13.0 Å². The minimum absolute atomic E-state index is 0.145.